The van der Waals surface area contributed by atoms with E-state index in [1.165, 1.54) is 34.2 Å². The number of nitrogens with one attached hydrogen (secondary N) is 1. The fraction of sp³-hybridized carbons (Fsp3) is 0.355. The number of benzene rings is 2. The maximum atomic E-state index is 15.2. The van der Waals surface area contributed by atoms with Crippen molar-refractivity contribution in [1.29, 1.82) is 5.26 Å². The van der Waals surface area contributed by atoms with Crippen LogP contribution in [0.3, 0.4) is 0 Å². The highest BCUT2D eigenvalue weighted by atomic mass is 127. The smallest absolute Gasteiger partial charge is 0.410 e. The zero-order chi connectivity index (χ0) is 32.1. The van der Waals surface area contributed by atoms with Gasteiger partial charge in [-0.1, -0.05) is 19.1 Å². The topological polar surface area (TPSA) is 145 Å². The number of H-pyrrole nitrogens is 1. The number of nitrogens with zero attached hydrogens (tertiary/aromatic N) is 5. The molecular formula is C31H31F2IN6O5S. The fourth-order valence-corrected chi connectivity index (χ4v) is 6.24. The van der Waals surface area contributed by atoms with Gasteiger partial charge in [-0.3, -0.25) is 4.79 Å². The predicted octanol–water partition coefficient (Wildman–Crippen LogP) is 1.33. The molecule has 11 nitrogen and oxygen atoms in total. The lowest BCUT2D eigenvalue weighted by molar-refractivity contribution is -0.765. The number of aromatic amines is 1. The van der Waals surface area contributed by atoms with Crippen LogP contribution in [-0.2, 0) is 33.0 Å². The Morgan fingerprint density at radius 2 is 2.02 bits per heavy atom. The van der Waals surface area contributed by atoms with Gasteiger partial charge in [0.2, 0.25) is 0 Å². The van der Waals surface area contributed by atoms with E-state index in [1.54, 1.807) is 36.6 Å². The quantitative estimate of drug-likeness (QED) is 0.140. The Morgan fingerprint density at radius 1 is 1.26 bits per heavy atom. The van der Waals surface area contributed by atoms with Gasteiger partial charge in [0.25, 0.3) is 5.82 Å². The molecule has 1 aliphatic rings. The standard InChI is InChI=1S/C31H30F2N6O5S.HI/c1-19(29-36-27(16-45-29)22-7-5-21(13-34)6-8-22)31(42,25-12-23(32)9-10-26(25)33)17-38-18-35-28(37-38)15-44-30(41)39-11-3-4-24(39)14-43-20(2)40;/h5-10,12,16,18-19,24,42H,3-4,11,14-15,17H2,1-2H3;1H/t19-,24-,31+;/m0./s1. The van der Waals surface area contributed by atoms with Crippen LogP contribution in [0.15, 0.2) is 54.2 Å². The Labute approximate surface area is 284 Å². The summed E-state index contributed by atoms with van der Waals surface area (Å²) < 4.78 is 41.4. The first-order valence-electron chi connectivity index (χ1n) is 14.2. The lowest BCUT2D eigenvalue weighted by Crippen LogP contribution is -3.00. The number of aromatic nitrogens is 4. The minimum atomic E-state index is -1.99. The van der Waals surface area contributed by atoms with E-state index in [0.29, 0.717) is 29.2 Å². The zero-order valence-corrected chi connectivity index (χ0v) is 27.9. The van der Waals surface area contributed by atoms with Crippen molar-refractivity contribution in [1.82, 2.24) is 20.0 Å². The van der Waals surface area contributed by atoms with Crippen LogP contribution in [0.25, 0.3) is 11.3 Å². The van der Waals surface area contributed by atoms with Crippen LogP contribution in [-0.4, -0.2) is 56.3 Å². The zero-order valence-electron chi connectivity index (χ0n) is 25.0. The van der Waals surface area contributed by atoms with Gasteiger partial charge in [0.05, 0.1) is 28.4 Å². The molecule has 0 bridgehead atoms. The van der Waals surface area contributed by atoms with E-state index < -0.39 is 35.2 Å². The third kappa shape index (κ3) is 7.85. The van der Waals surface area contributed by atoms with E-state index in [1.807, 2.05) is 0 Å². The number of thiazole rings is 1. The van der Waals surface area contributed by atoms with Gasteiger partial charge < -0.3 is 43.5 Å². The Kier molecular flexibility index (Phi) is 11.4. The molecule has 4 aromatic rings. The predicted molar refractivity (Wildman–Crippen MR) is 156 cm³/mol. The lowest BCUT2D eigenvalue weighted by atomic mass is 9.82. The second-order valence-electron chi connectivity index (χ2n) is 10.8. The van der Waals surface area contributed by atoms with Crippen molar-refractivity contribution in [3.05, 3.63) is 87.8 Å². The van der Waals surface area contributed by atoms with Gasteiger partial charge in [0.1, 0.15) is 30.4 Å². The summed E-state index contributed by atoms with van der Waals surface area (Å²) in [5.41, 5.74) is -0.370. The molecule has 0 spiro atoms. The first-order valence-corrected chi connectivity index (χ1v) is 15.1. The number of hydrogen-bond donors (Lipinski definition) is 2. The monoisotopic (exact) mass is 764 g/mol. The summed E-state index contributed by atoms with van der Waals surface area (Å²) in [6.45, 7) is 3.06. The number of carbonyl (C=O) groups is 2. The van der Waals surface area contributed by atoms with Crippen LogP contribution < -0.4 is 28.7 Å². The normalized spacial score (nSPS) is 16.2. The van der Waals surface area contributed by atoms with Gasteiger partial charge in [-0.05, 0) is 48.2 Å². The number of likely N-dealkylation sites (tertiary alicyclic amines) is 1. The molecule has 1 aliphatic heterocycles. The highest BCUT2D eigenvalue weighted by Gasteiger charge is 2.43. The summed E-state index contributed by atoms with van der Waals surface area (Å²) >= 11 is 1.26. The van der Waals surface area contributed by atoms with Crippen LogP contribution in [0.4, 0.5) is 13.6 Å². The average molecular weight is 765 g/mol. The number of aliphatic hydroxyl groups is 1. The minimum absolute atomic E-state index is 0. The molecule has 0 aliphatic carbocycles. The number of carbonyl (C=O) groups excluding carboxylic acids is 2. The van der Waals surface area contributed by atoms with Crippen molar-refractivity contribution in [3.8, 4) is 17.3 Å². The molecule has 2 N–H and O–H groups in total. The molecule has 2 aromatic heterocycles. The molecule has 0 saturated carbocycles. The van der Waals surface area contributed by atoms with E-state index in [0.717, 1.165) is 30.2 Å². The molecule has 1 fully saturated rings. The van der Waals surface area contributed by atoms with Crippen LogP contribution in [0.1, 0.15) is 54.6 Å². The van der Waals surface area contributed by atoms with Gasteiger partial charge in [-0.25, -0.2) is 18.6 Å². The number of halogens is 3. The Balaban J connectivity index is 0.00000480. The SMILES string of the molecule is CC(=O)OC[C@@H]1CCCN1C(=O)OCc1nc[n+](C[C@](O)(c2cc(F)ccc2F)[C@@H](C)c2nc(-c3ccc(C#N)cc3)cs2)[nH]1.[I-]. The highest BCUT2D eigenvalue weighted by Crippen LogP contribution is 2.41. The van der Waals surface area contributed by atoms with Crippen molar-refractivity contribution in [3.63, 3.8) is 0 Å². The number of nitriles is 1. The lowest BCUT2D eigenvalue weighted by Gasteiger charge is -2.32. The second-order valence-corrected chi connectivity index (χ2v) is 11.7. The summed E-state index contributed by atoms with van der Waals surface area (Å²) in [5, 5.41) is 26.4. The summed E-state index contributed by atoms with van der Waals surface area (Å²) in [4.78, 5) is 34.3. The molecule has 3 heterocycles. The third-order valence-electron chi connectivity index (χ3n) is 7.77. The first-order chi connectivity index (χ1) is 21.6. The van der Waals surface area contributed by atoms with Gasteiger partial charge in [-0.15, -0.1) is 11.3 Å². The van der Waals surface area contributed by atoms with Crippen molar-refractivity contribution < 1.29 is 61.6 Å². The van der Waals surface area contributed by atoms with E-state index in [2.05, 4.69) is 21.1 Å². The van der Waals surface area contributed by atoms with Crippen molar-refractivity contribution >= 4 is 23.4 Å². The molecule has 242 valence electrons. The molecule has 3 atom stereocenters. The number of rotatable bonds is 10. The minimum Gasteiger partial charge on any atom is -1.00 e. The molecule has 1 saturated heterocycles. The number of esters is 1. The fourth-order valence-electron chi connectivity index (χ4n) is 5.27. The van der Waals surface area contributed by atoms with E-state index in [4.69, 9.17) is 14.7 Å². The van der Waals surface area contributed by atoms with Gasteiger partial charge in [0.15, 0.2) is 6.61 Å². The molecule has 15 heteroatoms. The largest absolute Gasteiger partial charge is 1.00 e. The maximum absolute atomic E-state index is 15.2. The Morgan fingerprint density at radius 3 is 2.74 bits per heavy atom. The first kappa shape index (κ1) is 34.9. The molecule has 0 radical (unpaired) electrons. The maximum Gasteiger partial charge on any atom is 0.410 e. The molecule has 2 aromatic carbocycles. The van der Waals surface area contributed by atoms with E-state index in [-0.39, 0.29) is 61.2 Å². The van der Waals surface area contributed by atoms with Gasteiger partial charge in [0, 0.05) is 35.9 Å². The molecular weight excluding hydrogens is 733 g/mol. The molecule has 5 rings (SSSR count). The summed E-state index contributed by atoms with van der Waals surface area (Å²) in [5.74, 6) is -2.49. The summed E-state index contributed by atoms with van der Waals surface area (Å²) in [6.07, 6.45) is 2.22. The van der Waals surface area contributed by atoms with Crippen molar-refractivity contribution in [2.75, 3.05) is 13.2 Å². The molecule has 0 unspecified atom stereocenters. The van der Waals surface area contributed by atoms with Crippen LogP contribution in [0.2, 0.25) is 0 Å². The van der Waals surface area contributed by atoms with Crippen LogP contribution in [0, 0.1) is 23.0 Å². The molecule has 1 amide bonds. The van der Waals surface area contributed by atoms with Crippen LogP contribution in [0.5, 0.6) is 0 Å². The van der Waals surface area contributed by atoms with Crippen molar-refractivity contribution in [2.45, 2.75) is 57.4 Å². The van der Waals surface area contributed by atoms with E-state index >= 15 is 4.39 Å². The summed E-state index contributed by atoms with van der Waals surface area (Å²) in [7, 11) is 0. The Hall–Kier alpha value is -4.01. The number of ether oxygens (including phenoxy) is 2. The highest BCUT2D eigenvalue weighted by molar-refractivity contribution is 7.10. The number of amides is 1. The second kappa shape index (κ2) is 15.1. The number of hydrogen-bond acceptors (Lipinski definition) is 9. The van der Waals surface area contributed by atoms with Gasteiger partial charge in [-0.2, -0.15) is 15.0 Å². The van der Waals surface area contributed by atoms with Gasteiger partial charge >= 0.3 is 18.4 Å². The third-order valence-corrected chi connectivity index (χ3v) is 8.80. The average Bonchev–Trinajstić information content (AvgIpc) is 3.81. The van der Waals surface area contributed by atoms with E-state index in [9.17, 15) is 19.1 Å². The Bertz CT molecular complexity index is 1730. The van der Waals surface area contributed by atoms with Crippen molar-refractivity contribution in [2.24, 2.45) is 0 Å². The van der Waals surface area contributed by atoms with Crippen LogP contribution >= 0.6 is 11.3 Å². The summed E-state index contributed by atoms with van der Waals surface area (Å²) in [6, 6.07) is 11.6. The molecule has 46 heavy (non-hydrogen) atoms.